The molecule has 0 bridgehead atoms. The second kappa shape index (κ2) is 8.11. The van der Waals surface area contributed by atoms with Crippen LogP contribution in [0.2, 0.25) is 0 Å². The van der Waals surface area contributed by atoms with Gasteiger partial charge >= 0.3 is 0 Å². The maximum atomic E-state index is 9.00. The zero-order valence-electron chi connectivity index (χ0n) is 12.6. The minimum absolute atomic E-state index is 0.106. The summed E-state index contributed by atoms with van der Waals surface area (Å²) in [4.78, 5) is 1.24. The third-order valence-corrected chi connectivity index (χ3v) is 4.36. The lowest BCUT2D eigenvalue weighted by Gasteiger charge is -2.10. The normalized spacial score (nSPS) is 10.6. The van der Waals surface area contributed by atoms with E-state index in [1.165, 1.54) is 16.0 Å². The van der Waals surface area contributed by atoms with Crippen molar-refractivity contribution >= 4 is 11.8 Å². The van der Waals surface area contributed by atoms with E-state index in [2.05, 4.69) is 44.2 Å². The fourth-order valence-electron chi connectivity index (χ4n) is 1.98. The molecule has 21 heavy (non-hydrogen) atoms. The molecule has 2 aromatic carbocycles. The summed E-state index contributed by atoms with van der Waals surface area (Å²) in [5.41, 5.74) is 3.37. The van der Waals surface area contributed by atoms with E-state index in [-0.39, 0.29) is 6.61 Å². The number of benzene rings is 2. The van der Waals surface area contributed by atoms with Crippen LogP contribution in [0.3, 0.4) is 0 Å². The van der Waals surface area contributed by atoms with Crippen LogP contribution in [0.4, 0.5) is 0 Å². The molecule has 2 aromatic rings. The van der Waals surface area contributed by atoms with Gasteiger partial charge in [0.05, 0.1) is 13.2 Å². The van der Waals surface area contributed by atoms with Crippen molar-refractivity contribution in [3.8, 4) is 5.75 Å². The van der Waals surface area contributed by atoms with Gasteiger partial charge in [0.2, 0.25) is 0 Å². The van der Waals surface area contributed by atoms with Gasteiger partial charge in [-0.1, -0.05) is 24.3 Å². The number of rotatable bonds is 7. The molecule has 3 heteroatoms. The van der Waals surface area contributed by atoms with Crippen molar-refractivity contribution in [2.75, 3.05) is 12.4 Å². The number of thioether (sulfide) groups is 1. The van der Waals surface area contributed by atoms with Gasteiger partial charge in [0.15, 0.2) is 0 Å². The van der Waals surface area contributed by atoms with E-state index in [1.807, 2.05) is 23.9 Å². The van der Waals surface area contributed by atoms with Gasteiger partial charge in [-0.25, -0.2) is 0 Å². The summed E-state index contributed by atoms with van der Waals surface area (Å²) in [6, 6.07) is 14.3. The zero-order chi connectivity index (χ0) is 15.1. The molecule has 0 saturated heterocycles. The molecule has 0 amide bonds. The number of hydrogen-bond donors (Lipinski definition) is 1. The molecule has 0 atom stereocenters. The first-order chi connectivity index (χ1) is 10.2. The third kappa shape index (κ3) is 5.10. The Hall–Kier alpha value is -1.45. The Balaban J connectivity index is 1.71. The molecule has 0 saturated carbocycles. The molecular formula is C18H22O2S. The van der Waals surface area contributed by atoms with Crippen molar-refractivity contribution in [2.24, 2.45) is 0 Å². The number of hydrogen-bond acceptors (Lipinski definition) is 3. The van der Waals surface area contributed by atoms with Gasteiger partial charge in [0.25, 0.3) is 0 Å². The van der Waals surface area contributed by atoms with Gasteiger partial charge in [-0.2, -0.15) is 0 Å². The number of ether oxygens (including phenoxy) is 1. The molecule has 2 rings (SSSR count). The predicted octanol–water partition coefficient (Wildman–Crippen LogP) is 4.36. The van der Waals surface area contributed by atoms with E-state index in [0.717, 1.165) is 30.1 Å². The zero-order valence-corrected chi connectivity index (χ0v) is 13.5. The highest BCUT2D eigenvalue weighted by atomic mass is 32.2. The molecule has 0 fully saturated rings. The van der Waals surface area contributed by atoms with E-state index in [1.54, 1.807) is 0 Å². The Morgan fingerprint density at radius 3 is 2.52 bits per heavy atom. The average molecular weight is 302 g/mol. The number of aliphatic hydroxyl groups is 1. The topological polar surface area (TPSA) is 29.5 Å². The molecule has 112 valence electrons. The van der Waals surface area contributed by atoms with E-state index in [9.17, 15) is 0 Å². The van der Waals surface area contributed by atoms with Crippen LogP contribution in [0.15, 0.2) is 47.4 Å². The Kier molecular flexibility index (Phi) is 6.15. The van der Waals surface area contributed by atoms with E-state index in [0.29, 0.717) is 0 Å². The van der Waals surface area contributed by atoms with Gasteiger partial charge in [0, 0.05) is 10.6 Å². The van der Waals surface area contributed by atoms with Crippen molar-refractivity contribution in [3.05, 3.63) is 59.2 Å². The number of aryl methyl sites for hydroxylation is 2. The second-order valence-corrected chi connectivity index (χ2v) is 6.29. The molecule has 1 N–H and O–H groups in total. The van der Waals surface area contributed by atoms with Crippen LogP contribution in [0.5, 0.6) is 5.75 Å². The molecule has 0 aliphatic heterocycles. The summed E-state index contributed by atoms with van der Waals surface area (Å²) in [6.45, 7) is 5.01. The van der Waals surface area contributed by atoms with Crippen LogP contribution in [0, 0.1) is 13.8 Å². The Morgan fingerprint density at radius 1 is 1.05 bits per heavy atom. The largest absolute Gasteiger partial charge is 0.493 e. The van der Waals surface area contributed by atoms with Crippen LogP contribution in [-0.2, 0) is 6.61 Å². The van der Waals surface area contributed by atoms with Gasteiger partial charge in [0.1, 0.15) is 5.75 Å². The van der Waals surface area contributed by atoms with Crippen molar-refractivity contribution in [1.29, 1.82) is 0 Å². The molecule has 0 radical (unpaired) electrons. The Morgan fingerprint density at radius 2 is 1.81 bits per heavy atom. The molecular weight excluding hydrogens is 280 g/mol. The van der Waals surface area contributed by atoms with Gasteiger partial charge in [-0.3, -0.25) is 0 Å². The summed E-state index contributed by atoms with van der Waals surface area (Å²) in [7, 11) is 0. The maximum Gasteiger partial charge on any atom is 0.122 e. The minimum atomic E-state index is 0.106. The van der Waals surface area contributed by atoms with Crippen LogP contribution >= 0.6 is 11.8 Å². The monoisotopic (exact) mass is 302 g/mol. The Labute approximate surface area is 131 Å². The molecule has 0 unspecified atom stereocenters. The quantitative estimate of drug-likeness (QED) is 0.609. The summed E-state index contributed by atoms with van der Waals surface area (Å²) in [5.74, 6) is 2.02. The van der Waals surface area contributed by atoms with Crippen molar-refractivity contribution in [3.63, 3.8) is 0 Å². The fraction of sp³-hybridized carbons (Fsp3) is 0.333. The van der Waals surface area contributed by atoms with Crippen LogP contribution < -0.4 is 4.74 Å². The van der Waals surface area contributed by atoms with Crippen LogP contribution in [0.25, 0.3) is 0 Å². The van der Waals surface area contributed by atoms with E-state index >= 15 is 0 Å². The molecule has 0 heterocycles. The Bertz CT molecular complexity index is 564. The molecule has 2 nitrogen and oxygen atoms in total. The van der Waals surface area contributed by atoms with Gasteiger partial charge in [-0.15, -0.1) is 11.8 Å². The highest BCUT2D eigenvalue weighted by Crippen LogP contribution is 2.21. The van der Waals surface area contributed by atoms with Crippen LogP contribution in [-0.4, -0.2) is 17.5 Å². The fourth-order valence-corrected chi connectivity index (χ4v) is 2.81. The lowest BCUT2D eigenvalue weighted by atomic mass is 10.1. The van der Waals surface area contributed by atoms with Crippen molar-refractivity contribution < 1.29 is 9.84 Å². The maximum absolute atomic E-state index is 9.00. The van der Waals surface area contributed by atoms with Gasteiger partial charge in [-0.05, 0) is 55.2 Å². The first-order valence-electron chi connectivity index (χ1n) is 7.21. The smallest absolute Gasteiger partial charge is 0.122 e. The summed E-state index contributed by atoms with van der Waals surface area (Å²) < 4.78 is 5.85. The van der Waals surface area contributed by atoms with E-state index in [4.69, 9.17) is 9.84 Å². The average Bonchev–Trinajstić information content (AvgIpc) is 2.51. The SMILES string of the molecule is Cc1ccc(C)c(OCCCSc2ccc(CO)cc2)c1. The van der Waals surface area contributed by atoms with Crippen LogP contribution in [0.1, 0.15) is 23.1 Å². The molecule has 0 aliphatic carbocycles. The molecule has 0 spiro atoms. The minimum Gasteiger partial charge on any atom is -0.493 e. The van der Waals surface area contributed by atoms with E-state index < -0.39 is 0 Å². The standard InChI is InChI=1S/C18H22O2S/c1-14-4-5-15(2)18(12-14)20-10-3-11-21-17-8-6-16(13-19)7-9-17/h4-9,12,19H,3,10-11,13H2,1-2H3. The predicted molar refractivity (Wildman–Crippen MR) is 89.1 cm³/mol. The third-order valence-electron chi connectivity index (χ3n) is 3.26. The molecule has 0 aromatic heterocycles. The first-order valence-corrected chi connectivity index (χ1v) is 8.20. The summed E-state index contributed by atoms with van der Waals surface area (Å²) in [6.07, 6.45) is 1.01. The lowest BCUT2D eigenvalue weighted by Crippen LogP contribution is -2.00. The van der Waals surface area contributed by atoms with Crippen molar-refractivity contribution in [2.45, 2.75) is 31.8 Å². The lowest BCUT2D eigenvalue weighted by molar-refractivity contribution is 0.282. The second-order valence-electron chi connectivity index (χ2n) is 5.12. The first kappa shape index (κ1) is 15.9. The van der Waals surface area contributed by atoms with Gasteiger partial charge < -0.3 is 9.84 Å². The number of aliphatic hydroxyl groups excluding tert-OH is 1. The highest BCUT2D eigenvalue weighted by Gasteiger charge is 2.00. The summed E-state index contributed by atoms with van der Waals surface area (Å²) >= 11 is 1.82. The van der Waals surface area contributed by atoms with Crippen molar-refractivity contribution in [1.82, 2.24) is 0 Å². The molecule has 0 aliphatic rings. The summed E-state index contributed by atoms with van der Waals surface area (Å²) in [5, 5.41) is 9.00. The highest BCUT2D eigenvalue weighted by molar-refractivity contribution is 7.99.